The smallest absolute Gasteiger partial charge is 0.410 e. The van der Waals surface area contributed by atoms with Crippen LogP contribution < -0.4 is 5.32 Å². The average molecular weight is 807 g/mol. The maximum atomic E-state index is 16.9. The summed E-state index contributed by atoms with van der Waals surface area (Å²) in [5, 5.41) is 14.6. The van der Waals surface area contributed by atoms with Crippen molar-refractivity contribution in [3.05, 3.63) is 30.1 Å². The quantitative estimate of drug-likeness (QED) is 0.244. The molecule has 13 atom stereocenters. The Morgan fingerprint density at radius 3 is 2.39 bits per heavy atom. The number of amides is 2. The topological polar surface area (TPSA) is 183 Å². The Bertz CT molecular complexity index is 1600. The van der Waals surface area contributed by atoms with Gasteiger partial charge < -0.3 is 39.0 Å². The fraction of sp³-hybridized carbons (Fsp3) is 0.756. The van der Waals surface area contributed by atoms with Gasteiger partial charge in [-0.1, -0.05) is 40.7 Å². The molecule has 16 heteroatoms. The molecule has 15 nitrogen and oxygen atoms in total. The van der Waals surface area contributed by atoms with E-state index in [1.807, 2.05) is 19.9 Å². The minimum atomic E-state index is -3.21. The van der Waals surface area contributed by atoms with Crippen LogP contribution in [0.2, 0.25) is 0 Å². The second-order valence-electron chi connectivity index (χ2n) is 16.5. The number of fused-ring (bicyclic) bond motifs is 1. The number of hydrogen-bond acceptors (Lipinski definition) is 13. The van der Waals surface area contributed by atoms with Crippen LogP contribution in [0.5, 0.6) is 0 Å². The zero-order chi connectivity index (χ0) is 42.6. The van der Waals surface area contributed by atoms with Crippen LogP contribution in [0, 0.1) is 17.8 Å². The lowest BCUT2D eigenvalue weighted by Gasteiger charge is -2.46. The van der Waals surface area contributed by atoms with E-state index in [0.29, 0.717) is 13.0 Å². The van der Waals surface area contributed by atoms with Crippen LogP contribution in [-0.4, -0.2) is 136 Å². The van der Waals surface area contributed by atoms with Crippen molar-refractivity contribution in [2.24, 2.45) is 17.8 Å². The maximum Gasteiger partial charge on any atom is 0.410 e. The van der Waals surface area contributed by atoms with E-state index in [1.165, 1.54) is 37.7 Å². The van der Waals surface area contributed by atoms with Crippen LogP contribution in [0.4, 0.5) is 9.18 Å². The first-order chi connectivity index (χ1) is 26.7. The first kappa shape index (κ1) is 46.1. The van der Waals surface area contributed by atoms with Gasteiger partial charge in [0.2, 0.25) is 5.91 Å². The maximum absolute atomic E-state index is 16.9. The van der Waals surface area contributed by atoms with E-state index in [4.69, 9.17) is 23.7 Å². The number of likely N-dealkylation sites (N-methyl/N-ethyl adjacent to an activating group) is 1. The average Bonchev–Trinajstić information content (AvgIpc) is 3.43. The highest BCUT2D eigenvalue weighted by molar-refractivity contribution is 6.08. The molecule has 0 aromatic carbocycles. The highest BCUT2D eigenvalue weighted by atomic mass is 19.1. The number of hydrogen-bond donors (Lipinski definition) is 2. The first-order valence-electron chi connectivity index (χ1n) is 20.1. The van der Waals surface area contributed by atoms with Gasteiger partial charge in [-0.15, -0.1) is 0 Å². The summed E-state index contributed by atoms with van der Waals surface area (Å²) in [4.78, 5) is 76.5. The third-order valence-electron chi connectivity index (χ3n) is 12.2. The number of alkyl halides is 1. The predicted octanol–water partition coefficient (Wildman–Crippen LogP) is 3.77. The van der Waals surface area contributed by atoms with Crippen molar-refractivity contribution in [3.63, 3.8) is 0 Å². The Balaban J connectivity index is 1.78. The number of halogens is 1. The number of aromatic nitrogens is 1. The van der Waals surface area contributed by atoms with Crippen LogP contribution in [0.25, 0.3) is 0 Å². The number of rotatable bonds is 11. The van der Waals surface area contributed by atoms with Gasteiger partial charge in [0.05, 0.1) is 23.9 Å². The molecule has 1 unspecified atom stereocenters. The summed E-state index contributed by atoms with van der Waals surface area (Å²) in [6.07, 6.45) is -2.54. The second-order valence-corrected chi connectivity index (χ2v) is 16.5. The van der Waals surface area contributed by atoms with Gasteiger partial charge in [0.1, 0.15) is 18.0 Å². The lowest BCUT2D eigenvalue weighted by Crippen LogP contribution is -2.62. The summed E-state index contributed by atoms with van der Waals surface area (Å²) >= 11 is 0. The van der Waals surface area contributed by atoms with Crippen molar-refractivity contribution in [1.29, 1.82) is 0 Å². The summed E-state index contributed by atoms with van der Waals surface area (Å²) in [5.41, 5.74) is -5.61. The Kier molecular flexibility index (Phi) is 15.0. The lowest BCUT2D eigenvalue weighted by molar-refractivity contribution is -0.290. The Morgan fingerprint density at radius 1 is 1.12 bits per heavy atom. The van der Waals surface area contributed by atoms with Crippen LogP contribution in [-0.2, 0) is 49.4 Å². The molecule has 4 heterocycles. The molecule has 3 saturated heterocycles. The number of nitrogens with one attached hydrogen (secondary N) is 1. The van der Waals surface area contributed by atoms with Gasteiger partial charge in [0.15, 0.2) is 17.7 Å². The molecule has 3 aliphatic rings. The molecule has 0 spiro atoms. The van der Waals surface area contributed by atoms with E-state index >= 15 is 4.39 Å². The SMILES string of the molecule is CCN[C@H]1C[C@@H](C)O[C@@H](O[C@@H]2[C@H](C)C(=O)[C@](C)(F)C(=O)O[C@H](CC)[C@@]3(C)OC(=O)N(CCN(Cc4cccnc4)C(C)=O)C3[C@@H](C)C(=O)[C@H](C)C[C@@]2(C)OC)[C@H]1O. The third-order valence-corrected chi connectivity index (χ3v) is 12.2. The standard InChI is InChI=1S/C41H63FN4O11/c1-12-30-41(10)33(46(38(52)57-41)18-17-45(27(7)47)22-28-15-14-16-43-21-28)25(5)31(48)23(3)20-39(8,53-11)35(26(6)34(50)40(9,42)37(51)55-30)56-36-32(49)29(44-13-2)19-24(4)54-36/h14-16,21,23-26,29-30,32-33,35-36,44,49H,12-13,17-20,22H2,1-11H3/t23-,24-,25+,26-,29+,30-,32+,33?,35-,36+,39-,40+,41-/m1/s1. The van der Waals surface area contributed by atoms with E-state index in [9.17, 15) is 29.1 Å². The number of esters is 1. The fourth-order valence-electron chi connectivity index (χ4n) is 8.98. The van der Waals surface area contributed by atoms with Crippen LogP contribution in [0.15, 0.2) is 24.5 Å². The molecule has 0 aliphatic carbocycles. The number of Topliss-reactive ketones (excluding diaryl/α,β-unsaturated/α-hetero) is 2. The normalized spacial score (nSPS) is 38.2. The number of nitrogens with zero attached hydrogens (tertiary/aromatic N) is 3. The molecular formula is C41H63FN4O11. The highest BCUT2D eigenvalue weighted by Gasteiger charge is 2.62. The molecule has 1 aromatic heterocycles. The minimum Gasteiger partial charge on any atom is -0.455 e. The van der Waals surface area contributed by atoms with Crippen molar-refractivity contribution < 1.29 is 57.2 Å². The molecule has 1 aromatic rings. The van der Waals surface area contributed by atoms with Crippen molar-refractivity contribution in [1.82, 2.24) is 20.1 Å². The molecule has 0 radical (unpaired) electrons. The first-order valence-corrected chi connectivity index (χ1v) is 20.1. The summed E-state index contributed by atoms with van der Waals surface area (Å²) in [6, 6.07) is 2.11. The zero-order valence-electron chi connectivity index (χ0n) is 35.3. The number of pyridine rings is 1. The van der Waals surface area contributed by atoms with Crippen LogP contribution in [0.3, 0.4) is 0 Å². The number of carbonyl (C=O) groups is 5. The summed E-state index contributed by atoms with van der Waals surface area (Å²) < 4.78 is 47.3. The summed E-state index contributed by atoms with van der Waals surface area (Å²) in [5.74, 6) is -6.36. The van der Waals surface area contributed by atoms with Crippen LogP contribution in [0.1, 0.15) is 94.1 Å². The van der Waals surface area contributed by atoms with E-state index in [0.717, 1.165) is 12.5 Å². The summed E-state index contributed by atoms with van der Waals surface area (Å²) in [7, 11) is 1.38. The Hall–Kier alpha value is -3.57. The van der Waals surface area contributed by atoms with E-state index in [2.05, 4.69) is 10.3 Å². The number of aliphatic hydroxyl groups excluding tert-OH is 1. The van der Waals surface area contributed by atoms with Crippen molar-refractivity contribution in [3.8, 4) is 0 Å². The number of carbonyl (C=O) groups excluding carboxylic acids is 5. The van der Waals surface area contributed by atoms with Crippen molar-refractivity contribution in [2.75, 3.05) is 26.7 Å². The third kappa shape index (κ3) is 9.67. The van der Waals surface area contributed by atoms with Gasteiger partial charge in [0.25, 0.3) is 5.67 Å². The molecule has 3 fully saturated rings. The fourth-order valence-corrected chi connectivity index (χ4v) is 8.98. The lowest BCUT2D eigenvalue weighted by atomic mass is 9.73. The monoisotopic (exact) mass is 806 g/mol. The van der Waals surface area contributed by atoms with Gasteiger partial charge in [-0.05, 0) is 65.1 Å². The van der Waals surface area contributed by atoms with E-state index < -0.39 is 89.2 Å². The number of aliphatic hydroxyl groups is 1. The van der Waals surface area contributed by atoms with E-state index in [-0.39, 0.29) is 50.3 Å². The van der Waals surface area contributed by atoms with Gasteiger partial charge in [-0.2, -0.15) is 0 Å². The molecule has 4 rings (SSSR count). The molecule has 3 aliphatic heterocycles. The van der Waals surface area contributed by atoms with Crippen molar-refractivity contribution >= 4 is 29.5 Å². The molecule has 57 heavy (non-hydrogen) atoms. The molecule has 320 valence electrons. The van der Waals surface area contributed by atoms with Gasteiger partial charge in [-0.3, -0.25) is 24.3 Å². The summed E-state index contributed by atoms with van der Waals surface area (Å²) in [6.45, 7) is 16.3. The molecule has 2 amide bonds. The molecule has 0 saturated carbocycles. The minimum absolute atomic E-state index is 0.0340. The number of cyclic esters (lactones) is 1. The number of ether oxygens (including phenoxy) is 5. The van der Waals surface area contributed by atoms with Crippen molar-refractivity contribution in [2.45, 2.75) is 155 Å². The number of ketones is 2. The largest absolute Gasteiger partial charge is 0.455 e. The number of methoxy groups -OCH3 is 1. The Labute approximate surface area is 335 Å². The van der Waals surface area contributed by atoms with E-state index in [1.54, 1.807) is 46.2 Å². The predicted molar refractivity (Wildman–Crippen MR) is 205 cm³/mol. The zero-order valence-corrected chi connectivity index (χ0v) is 35.3. The molecule has 0 bridgehead atoms. The molecule has 2 N–H and O–H groups in total. The second kappa shape index (κ2) is 18.6. The van der Waals surface area contributed by atoms with Crippen LogP contribution >= 0.6 is 0 Å². The van der Waals surface area contributed by atoms with Gasteiger partial charge in [0, 0.05) is 69.9 Å². The van der Waals surface area contributed by atoms with Gasteiger partial charge in [-0.25, -0.2) is 14.0 Å². The molecular weight excluding hydrogens is 743 g/mol. The Morgan fingerprint density at radius 2 is 1.81 bits per heavy atom. The van der Waals surface area contributed by atoms with Gasteiger partial charge >= 0.3 is 12.1 Å². The highest BCUT2D eigenvalue weighted by Crippen LogP contribution is 2.43.